The van der Waals surface area contributed by atoms with Crippen LogP contribution in [0.25, 0.3) is 11.1 Å². The molecule has 0 bridgehead atoms. The maximum atomic E-state index is 12.3. The summed E-state index contributed by atoms with van der Waals surface area (Å²) in [5.74, 6) is -1.10. The minimum atomic E-state index is -0.810. The van der Waals surface area contributed by atoms with Crippen molar-refractivity contribution in [2.45, 2.75) is 38.1 Å². The number of carbonyl (C=O) groups excluding carboxylic acids is 2. The number of hydrogen-bond acceptors (Lipinski definition) is 6. The lowest BCUT2D eigenvalue weighted by molar-refractivity contribution is -0.137. The molecule has 3 aromatic rings. The van der Waals surface area contributed by atoms with Crippen molar-refractivity contribution in [3.8, 4) is 11.1 Å². The number of carboxylic acids is 1. The fraction of sp³-hybridized carbons (Fsp3) is 0.308. The molecule has 2 amide bonds. The Bertz CT molecular complexity index is 1160. The predicted molar refractivity (Wildman–Crippen MR) is 132 cm³/mol. The second-order valence-electron chi connectivity index (χ2n) is 8.27. The third kappa shape index (κ3) is 6.24. The van der Waals surface area contributed by atoms with E-state index in [9.17, 15) is 14.4 Å². The summed E-state index contributed by atoms with van der Waals surface area (Å²) in [4.78, 5) is 39.3. The van der Waals surface area contributed by atoms with Gasteiger partial charge in [0.1, 0.15) is 17.3 Å². The third-order valence-electron chi connectivity index (χ3n) is 5.86. The van der Waals surface area contributed by atoms with Gasteiger partial charge in [0.2, 0.25) is 0 Å². The number of nitrogens with one attached hydrogen (secondary N) is 2. The zero-order valence-corrected chi connectivity index (χ0v) is 20.0. The van der Waals surface area contributed by atoms with Crippen LogP contribution in [0.1, 0.15) is 58.2 Å². The van der Waals surface area contributed by atoms with Crippen LogP contribution in [0.15, 0.2) is 53.9 Å². The lowest BCUT2D eigenvalue weighted by Crippen LogP contribution is -2.26. The van der Waals surface area contributed by atoms with E-state index in [1.807, 2.05) is 24.3 Å². The highest BCUT2D eigenvalue weighted by Gasteiger charge is 2.29. The van der Waals surface area contributed by atoms with E-state index >= 15 is 0 Å². The van der Waals surface area contributed by atoms with Crippen molar-refractivity contribution in [2.24, 2.45) is 0 Å². The van der Waals surface area contributed by atoms with E-state index in [4.69, 9.17) is 9.84 Å². The molecule has 0 saturated heterocycles. The number of carboxylic acid groups (broad SMARTS) is 1. The molecule has 1 aliphatic carbocycles. The van der Waals surface area contributed by atoms with Gasteiger partial charge in [0, 0.05) is 24.3 Å². The molecule has 0 radical (unpaired) electrons. The van der Waals surface area contributed by atoms with Crippen molar-refractivity contribution in [1.82, 2.24) is 15.6 Å². The van der Waals surface area contributed by atoms with E-state index in [1.54, 1.807) is 5.38 Å². The molecule has 1 aromatic heterocycles. The molecule has 0 aliphatic heterocycles. The Morgan fingerprint density at radius 1 is 0.943 bits per heavy atom. The van der Waals surface area contributed by atoms with Crippen molar-refractivity contribution in [2.75, 3.05) is 13.2 Å². The molecule has 0 fully saturated rings. The molecule has 8 nitrogen and oxygen atoms in total. The lowest BCUT2D eigenvalue weighted by Gasteiger charge is -2.14. The first-order valence-corrected chi connectivity index (χ1v) is 12.4. The van der Waals surface area contributed by atoms with Gasteiger partial charge in [-0.05, 0) is 35.1 Å². The SMILES string of the molecule is O=C(O)CCCCCNC(=O)c1csc(CNC(=O)OCC2c3ccccc3-c3ccccc32)n1. The van der Waals surface area contributed by atoms with E-state index < -0.39 is 12.1 Å². The summed E-state index contributed by atoms with van der Waals surface area (Å²) in [6.45, 7) is 0.866. The second kappa shape index (κ2) is 11.6. The van der Waals surface area contributed by atoms with E-state index in [1.165, 1.54) is 22.5 Å². The van der Waals surface area contributed by atoms with Crippen LogP contribution in [0.3, 0.4) is 0 Å². The molecule has 2 aromatic carbocycles. The number of thiazole rings is 1. The van der Waals surface area contributed by atoms with Crippen molar-refractivity contribution in [3.05, 3.63) is 75.7 Å². The lowest BCUT2D eigenvalue weighted by atomic mass is 9.98. The molecule has 4 rings (SSSR count). The monoisotopic (exact) mass is 493 g/mol. The maximum absolute atomic E-state index is 12.3. The number of benzene rings is 2. The normalized spacial score (nSPS) is 12.0. The van der Waals surface area contributed by atoms with Gasteiger partial charge in [-0.15, -0.1) is 11.3 Å². The molecular weight excluding hydrogens is 466 g/mol. The average molecular weight is 494 g/mol. The Morgan fingerprint density at radius 2 is 1.63 bits per heavy atom. The van der Waals surface area contributed by atoms with Crippen molar-refractivity contribution >= 4 is 29.3 Å². The van der Waals surface area contributed by atoms with E-state index in [0.29, 0.717) is 30.1 Å². The van der Waals surface area contributed by atoms with Crippen LogP contribution in [-0.4, -0.2) is 41.2 Å². The number of aromatic nitrogens is 1. The van der Waals surface area contributed by atoms with Crippen molar-refractivity contribution in [1.29, 1.82) is 0 Å². The van der Waals surface area contributed by atoms with Crippen LogP contribution in [-0.2, 0) is 16.1 Å². The number of nitrogens with zero attached hydrogens (tertiary/aromatic N) is 1. The van der Waals surface area contributed by atoms with Gasteiger partial charge in [0.25, 0.3) is 5.91 Å². The van der Waals surface area contributed by atoms with E-state index in [2.05, 4.69) is 39.9 Å². The largest absolute Gasteiger partial charge is 0.481 e. The second-order valence-corrected chi connectivity index (χ2v) is 9.21. The first-order valence-electron chi connectivity index (χ1n) is 11.6. The highest BCUT2D eigenvalue weighted by molar-refractivity contribution is 7.09. The molecule has 0 saturated carbocycles. The summed E-state index contributed by atoms with van der Waals surface area (Å²) >= 11 is 1.29. The predicted octanol–water partition coefficient (Wildman–Crippen LogP) is 4.56. The van der Waals surface area contributed by atoms with E-state index in [0.717, 1.165) is 17.5 Å². The van der Waals surface area contributed by atoms with Gasteiger partial charge in [-0.1, -0.05) is 55.0 Å². The van der Waals surface area contributed by atoms with Gasteiger partial charge in [0.05, 0.1) is 6.54 Å². The van der Waals surface area contributed by atoms with Crippen LogP contribution in [0.4, 0.5) is 4.79 Å². The smallest absolute Gasteiger partial charge is 0.407 e. The first kappa shape index (κ1) is 24.4. The molecule has 9 heteroatoms. The van der Waals surface area contributed by atoms with Gasteiger partial charge in [-0.25, -0.2) is 9.78 Å². The Hall–Kier alpha value is -3.72. The number of alkyl carbamates (subject to hydrolysis) is 1. The molecule has 1 aliphatic rings. The zero-order chi connectivity index (χ0) is 24.6. The number of ether oxygens (including phenoxy) is 1. The summed E-state index contributed by atoms with van der Waals surface area (Å²) in [7, 11) is 0. The number of amides is 2. The first-order chi connectivity index (χ1) is 17.0. The Labute approximate surface area is 207 Å². The summed E-state index contributed by atoms with van der Waals surface area (Å²) < 4.78 is 5.53. The molecular formula is C26H27N3O5S. The average Bonchev–Trinajstić information content (AvgIpc) is 3.46. The molecule has 1 heterocycles. The van der Waals surface area contributed by atoms with Gasteiger partial charge in [0.15, 0.2) is 0 Å². The number of carbonyl (C=O) groups is 3. The summed E-state index contributed by atoms with van der Waals surface area (Å²) in [6, 6.07) is 16.3. The number of aliphatic carboxylic acids is 1. The van der Waals surface area contributed by atoms with Gasteiger partial charge < -0.3 is 20.5 Å². The van der Waals surface area contributed by atoms with Crippen LogP contribution in [0.5, 0.6) is 0 Å². The van der Waals surface area contributed by atoms with Gasteiger partial charge in [-0.3, -0.25) is 9.59 Å². The van der Waals surface area contributed by atoms with E-state index in [-0.39, 0.29) is 31.4 Å². The Morgan fingerprint density at radius 3 is 2.31 bits per heavy atom. The Kier molecular flexibility index (Phi) is 8.10. The maximum Gasteiger partial charge on any atom is 0.407 e. The molecule has 3 N–H and O–H groups in total. The summed E-state index contributed by atoms with van der Waals surface area (Å²) in [5, 5.41) is 16.4. The number of unbranched alkanes of at least 4 members (excludes halogenated alkanes) is 2. The number of hydrogen-bond donors (Lipinski definition) is 3. The minimum Gasteiger partial charge on any atom is -0.481 e. The van der Waals surface area contributed by atoms with Crippen LogP contribution < -0.4 is 10.6 Å². The van der Waals surface area contributed by atoms with Crippen LogP contribution >= 0.6 is 11.3 Å². The fourth-order valence-corrected chi connectivity index (χ4v) is 4.88. The molecule has 0 spiro atoms. The Balaban J connectivity index is 1.21. The van der Waals surface area contributed by atoms with Crippen molar-refractivity contribution in [3.63, 3.8) is 0 Å². The van der Waals surface area contributed by atoms with Crippen LogP contribution in [0, 0.1) is 0 Å². The summed E-state index contributed by atoms with van der Waals surface area (Å²) in [6.07, 6.45) is 1.64. The quantitative estimate of drug-likeness (QED) is 0.337. The van der Waals surface area contributed by atoms with Crippen molar-refractivity contribution < 1.29 is 24.2 Å². The van der Waals surface area contributed by atoms with Gasteiger partial charge in [-0.2, -0.15) is 0 Å². The molecule has 182 valence electrons. The number of fused-ring (bicyclic) bond motifs is 3. The minimum absolute atomic E-state index is 0.00700. The molecule has 0 atom stereocenters. The molecule has 35 heavy (non-hydrogen) atoms. The number of rotatable bonds is 11. The standard InChI is InChI=1S/C26H27N3O5S/c30-24(31)12-2-1-7-13-27-25(32)22-16-35-23(29-22)14-28-26(33)34-15-21-19-10-5-3-8-17(19)18-9-4-6-11-20(18)21/h3-6,8-11,16,21H,1-2,7,12-15H2,(H,27,32)(H,28,33)(H,30,31). The third-order valence-corrected chi connectivity index (χ3v) is 6.71. The summed E-state index contributed by atoms with van der Waals surface area (Å²) in [5.41, 5.74) is 4.94. The zero-order valence-electron chi connectivity index (χ0n) is 19.2. The van der Waals surface area contributed by atoms with Crippen LogP contribution in [0.2, 0.25) is 0 Å². The topological polar surface area (TPSA) is 118 Å². The highest BCUT2D eigenvalue weighted by Crippen LogP contribution is 2.44. The fourth-order valence-electron chi connectivity index (χ4n) is 4.16. The van der Waals surface area contributed by atoms with Gasteiger partial charge >= 0.3 is 12.1 Å². The highest BCUT2D eigenvalue weighted by atomic mass is 32.1. The molecule has 0 unspecified atom stereocenters.